The predicted octanol–water partition coefficient (Wildman–Crippen LogP) is 3.69. The smallest absolute Gasteiger partial charge is 0.257 e. The molecule has 9 heteroatoms. The fraction of sp³-hybridized carbons (Fsp3) is 0.381. The first-order chi connectivity index (χ1) is 14.1. The molecular weight excluding hydrogens is 424 g/mol. The van der Waals surface area contributed by atoms with Gasteiger partial charge in [0.2, 0.25) is 10.0 Å². The van der Waals surface area contributed by atoms with E-state index in [1.807, 2.05) is 0 Å². The lowest BCUT2D eigenvalue weighted by atomic mass is 10.1. The van der Waals surface area contributed by atoms with Gasteiger partial charge in [-0.1, -0.05) is 38.3 Å². The van der Waals surface area contributed by atoms with Crippen LogP contribution in [0.15, 0.2) is 53.4 Å². The van der Waals surface area contributed by atoms with Crippen LogP contribution in [0.1, 0.15) is 43.0 Å². The highest BCUT2D eigenvalue weighted by Crippen LogP contribution is 2.23. The maximum Gasteiger partial charge on any atom is 0.257 e. The van der Waals surface area contributed by atoms with Crippen LogP contribution in [0.4, 0.5) is 11.4 Å². The second kappa shape index (κ2) is 10.1. The summed E-state index contributed by atoms with van der Waals surface area (Å²) in [5, 5.41) is 2.69. The van der Waals surface area contributed by atoms with Crippen LogP contribution < -0.4 is 9.62 Å². The Hall–Kier alpha value is -2.39. The molecule has 7 nitrogen and oxygen atoms in total. The Morgan fingerprint density at radius 2 is 1.57 bits per heavy atom. The molecule has 0 saturated carbocycles. The van der Waals surface area contributed by atoms with Crippen molar-refractivity contribution in [3.63, 3.8) is 0 Å². The normalized spacial score (nSPS) is 11.8. The van der Waals surface area contributed by atoms with E-state index in [-0.39, 0.29) is 21.9 Å². The number of nitrogens with one attached hydrogen (secondary N) is 1. The van der Waals surface area contributed by atoms with Crippen molar-refractivity contribution in [3.05, 3.63) is 54.1 Å². The lowest BCUT2D eigenvalue weighted by Gasteiger charge is -2.19. The van der Waals surface area contributed by atoms with Gasteiger partial charge in [-0.05, 0) is 42.8 Å². The zero-order valence-electron chi connectivity index (χ0n) is 17.5. The van der Waals surface area contributed by atoms with Gasteiger partial charge >= 0.3 is 0 Å². The van der Waals surface area contributed by atoms with Crippen molar-refractivity contribution in [3.8, 4) is 0 Å². The van der Waals surface area contributed by atoms with Crippen molar-refractivity contribution in [2.45, 2.75) is 37.5 Å². The third kappa shape index (κ3) is 6.30. The Labute approximate surface area is 179 Å². The van der Waals surface area contributed by atoms with E-state index in [4.69, 9.17) is 0 Å². The van der Waals surface area contributed by atoms with Gasteiger partial charge in [-0.25, -0.2) is 16.8 Å². The van der Waals surface area contributed by atoms with Gasteiger partial charge in [0.1, 0.15) is 0 Å². The first-order valence-corrected chi connectivity index (χ1v) is 13.2. The Morgan fingerprint density at radius 1 is 0.933 bits per heavy atom. The SMILES string of the molecule is CCCCCCS(=O)(=O)c1ccc(NC(=O)c2ccccc2N(C)S(C)(=O)=O)cc1. The number of amides is 1. The number of anilines is 2. The quantitative estimate of drug-likeness (QED) is 0.554. The molecule has 0 radical (unpaired) electrons. The predicted molar refractivity (Wildman–Crippen MR) is 120 cm³/mol. The van der Waals surface area contributed by atoms with Crippen LogP contribution in [0.25, 0.3) is 0 Å². The molecule has 0 heterocycles. The summed E-state index contributed by atoms with van der Waals surface area (Å²) in [6, 6.07) is 12.4. The van der Waals surface area contributed by atoms with Crippen LogP contribution in [0, 0.1) is 0 Å². The molecular formula is C21H28N2O5S2. The standard InChI is InChI=1S/C21H28N2O5S2/c1-4-5-6-9-16-30(27,28)18-14-12-17(13-15-18)22-21(24)19-10-7-8-11-20(19)23(2)29(3,25)26/h7-8,10-15H,4-6,9,16H2,1-3H3,(H,22,24). The maximum absolute atomic E-state index is 12.7. The molecule has 2 rings (SSSR count). The molecule has 0 aliphatic rings. The second-order valence-corrected chi connectivity index (χ2v) is 11.2. The highest BCUT2D eigenvalue weighted by Gasteiger charge is 2.20. The van der Waals surface area contributed by atoms with Crippen molar-refractivity contribution in [1.82, 2.24) is 0 Å². The number of hydrogen-bond acceptors (Lipinski definition) is 5. The van der Waals surface area contributed by atoms with E-state index in [2.05, 4.69) is 12.2 Å². The zero-order valence-corrected chi connectivity index (χ0v) is 19.1. The van der Waals surface area contributed by atoms with Crippen LogP contribution in [0.5, 0.6) is 0 Å². The van der Waals surface area contributed by atoms with E-state index >= 15 is 0 Å². The molecule has 30 heavy (non-hydrogen) atoms. The van der Waals surface area contributed by atoms with E-state index in [1.165, 1.54) is 37.4 Å². The summed E-state index contributed by atoms with van der Waals surface area (Å²) in [5.74, 6) is -0.388. The van der Waals surface area contributed by atoms with E-state index in [0.717, 1.165) is 29.8 Å². The Morgan fingerprint density at radius 3 is 2.17 bits per heavy atom. The number of rotatable bonds is 10. The van der Waals surface area contributed by atoms with Crippen molar-refractivity contribution >= 4 is 37.1 Å². The Bertz CT molecular complexity index is 1080. The molecule has 0 bridgehead atoms. The maximum atomic E-state index is 12.7. The van der Waals surface area contributed by atoms with Crippen LogP contribution in [0.2, 0.25) is 0 Å². The summed E-state index contributed by atoms with van der Waals surface area (Å²) in [5.41, 5.74) is 0.864. The number of benzene rings is 2. The van der Waals surface area contributed by atoms with Gasteiger partial charge in [-0.15, -0.1) is 0 Å². The number of para-hydroxylation sites is 1. The number of hydrogen-bond donors (Lipinski definition) is 1. The molecule has 1 N–H and O–H groups in total. The number of sulfonamides is 1. The molecule has 2 aromatic rings. The fourth-order valence-electron chi connectivity index (χ4n) is 2.90. The topological polar surface area (TPSA) is 101 Å². The Kier molecular flexibility index (Phi) is 8.03. The molecule has 0 saturated heterocycles. The molecule has 0 aromatic heterocycles. The lowest BCUT2D eigenvalue weighted by molar-refractivity contribution is 0.102. The van der Waals surface area contributed by atoms with Gasteiger partial charge in [0, 0.05) is 12.7 Å². The highest BCUT2D eigenvalue weighted by molar-refractivity contribution is 7.92. The van der Waals surface area contributed by atoms with Gasteiger partial charge < -0.3 is 5.32 Å². The van der Waals surface area contributed by atoms with Crippen molar-refractivity contribution < 1.29 is 21.6 Å². The monoisotopic (exact) mass is 452 g/mol. The van der Waals surface area contributed by atoms with Gasteiger partial charge in [0.15, 0.2) is 9.84 Å². The third-order valence-electron chi connectivity index (χ3n) is 4.72. The molecule has 2 aromatic carbocycles. The van der Waals surface area contributed by atoms with Gasteiger partial charge in [0.25, 0.3) is 5.91 Å². The van der Waals surface area contributed by atoms with E-state index in [1.54, 1.807) is 18.2 Å². The summed E-state index contributed by atoms with van der Waals surface area (Å²) in [7, 11) is -5.51. The summed E-state index contributed by atoms with van der Waals surface area (Å²) in [6.07, 6.45) is 4.61. The number of carbonyl (C=O) groups is 1. The first kappa shape index (κ1) is 23.9. The average Bonchev–Trinajstić information content (AvgIpc) is 2.70. The summed E-state index contributed by atoms with van der Waals surface area (Å²) in [4.78, 5) is 12.9. The lowest BCUT2D eigenvalue weighted by Crippen LogP contribution is -2.27. The van der Waals surface area contributed by atoms with E-state index < -0.39 is 25.8 Å². The van der Waals surface area contributed by atoms with Crippen LogP contribution >= 0.6 is 0 Å². The first-order valence-electron chi connectivity index (χ1n) is 9.73. The minimum atomic E-state index is -3.53. The van der Waals surface area contributed by atoms with Crippen molar-refractivity contribution in [2.75, 3.05) is 28.7 Å². The second-order valence-electron chi connectivity index (χ2n) is 7.11. The number of sulfone groups is 1. The minimum absolute atomic E-state index is 0.101. The highest BCUT2D eigenvalue weighted by atomic mass is 32.2. The summed E-state index contributed by atoms with van der Waals surface area (Å²) >= 11 is 0. The molecule has 0 atom stereocenters. The molecule has 0 fully saturated rings. The summed E-state index contributed by atoms with van der Waals surface area (Å²) in [6.45, 7) is 2.07. The fourth-order valence-corrected chi connectivity index (χ4v) is 4.79. The molecule has 0 aliphatic heterocycles. The van der Waals surface area contributed by atoms with E-state index in [9.17, 15) is 21.6 Å². The van der Waals surface area contributed by atoms with Crippen molar-refractivity contribution in [2.24, 2.45) is 0 Å². The number of nitrogens with zero attached hydrogens (tertiary/aromatic N) is 1. The number of unbranched alkanes of at least 4 members (excludes halogenated alkanes) is 3. The summed E-state index contributed by atoms with van der Waals surface area (Å²) < 4.78 is 49.6. The van der Waals surface area contributed by atoms with Crippen LogP contribution in [-0.2, 0) is 19.9 Å². The zero-order chi connectivity index (χ0) is 22.4. The molecule has 0 spiro atoms. The molecule has 0 unspecified atom stereocenters. The van der Waals surface area contributed by atoms with Crippen molar-refractivity contribution in [1.29, 1.82) is 0 Å². The average molecular weight is 453 g/mol. The van der Waals surface area contributed by atoms with E-state index in [0.29, 0.717) is 12.1 Å². The molecule has 164 valence electrons. The number of carbonyl (C=O) groups excluding carboxylic acids is 1. The van der Waals surface area contributed by atoms with Gasteiger partial charge in [0.05, 0.1) is 28.2 Å². The molecule has 0 aliphatic carbocycles. The van der Waals surface area contributed by atoms with Gasteiger partial charge in [-0.2, -0.15) is 0 Å². The minimum Gasteiger partial charge on any atom is -0.322 e. The van der Waals surface area contributed by atoms with Gasteiger partial charge in [-0.3, -0.25) is 9.10 Å². The largest absolute Gasteiger partial charge is 0.322 e. The third-order valence-corrected chi connectivity index (χ3v) is 7.73. The van der Waals surface area contributed by atoms with Crippen LogP contribution in [0.3, 0.4) is 0 Å². The molecule has 1 amide bonds. The van der Waals surface area contributed by atoms with Crippen LogP contribution in [-0.4, -0.2) is 41.8 Å². The Balaban J connectivity index is 2.14.